The molecule has 1 aliphatic heterocycles. The molecular formula is C21H27F2N3O5. The summed E-state index contributed by atoms with van der Waals surface area (Å²) in [5.74, 6) is -0.380. The third kappa shape index (κ3) is 3.87. The Morgan fingerprint density at radius 2 is 1.84 bits per heavy atom. The number of nitrogens with zero attached hydrogens (tertiary/aromatic N) is 2. The van der Waals surface area contributed by atoms with Crippen molar-refractivity contribution >= 4 is 17.7 Å². The molecule has 1 N–H and O–H groups in total. The molecule has 10 heteroatoms. The fourth-order valence-corrected chi connectivity index (χ4v) is 4.36. The number of amides is 1. The third-order valence-corrected chi connectivity index (χ3v) is 6.28. The predicted molar refractivity (Wildman–Crippen MR) is 107 cm³/mol. The number of hydrogen-bond donors (Lipinski definition) is 1. The van der Waals surface area contributed by atoms with Gasteiger partial charge in [-0.25, -0.2) is 18.4 Å². The molecule has 1 unspecified atom stereocenters. The van der Waals surface area contributed by atoms with E-state index in [4.69, 9.17) is 9.47 Å². The molecule has 170 valence electrons. The minimum atomic E-state index is -2.70. The van der Waals surface area contributed by atoms with Crippen molar-refractivity contribution < 1.29 is 27.8 Å². The molecule has 0 spiro atoms. The first-order chi connectivity index (χ1) is 14.5. The highest BCUT2D eigenvalue weighted by molar-refractivity contribution is 5.95. The van der Waals surface area contributed by atoms with Gasteiger partial charge in [0.05, 0.1) is 18.4 Å². The van der Waals surface area contributed by atoms with Crippen molar-refractivity contribution in [3.8, 4) is 0 Å². The molecule has 3 aliphatic rings. The van der Waals surface area contributed by atoms with E-state index in [1.165, 1.54) is 19.4 Å². The minimum Gasteiger partial charge on any atom is -0.465 e. The molecule has 3 fully saturated rings. The van der Waals surface area contributed by atoms with Crippen molar-refractivity contribution in [3.05, 3.63) is 28.2 Å². The van der Waals surface area contributed by atoms with E-state index in [9.17, 15) is 23.2 Å². The number of ether oxygens (including phenoxy) is 2. The Balaban J connectivity index is 1.49. The Bertz CT molecular complexity index is 955. The average Bonchev–Trinajstić information content (AvgIpc) is 3.55. The predicted octanol–water partition coefficient (Wildman–Crippen LogP) is 2.67. The van der Waals surface area contributed by atoms with Crippen molar-refractivity contribution in [1.82, 2.24) is 9.47 Å². The van der Waals surface area contributed by atoms with Crippen molar-refractivity contribution in [2.45, 2.75) is 57.2 Å². The largest absolute Gasteiger partial charge is 0.465 e. The Morgan fingerprint density at radius 3 is 2.32 bits per heavy atom. The summed E-state index contributed by atoms with van der Waals surface area (Å²) in [6.07, 6.45) is -1.51. The summed E-state index contributed by atoms with van der Waals surface area (Å²) in [7, 11) is 1.20. The van der Waals surface area contributed by atoms with Gasteiger partial charge in [-0.3, -0.25) is 4.79 Å². The first-order valence-electron chi connectivity index (χ1n) is 10.3. The van der Waals surface area contributed by atoms with Gasteiger partial charge in [-0.2, -0.15) is 0 Å². The lowest BCUT2D eigenvalue weighted by Gasteiger charge is -2.26. The molecule has 1 aromatic rings. The fourth-order valence-electron chi connectivity index (χ4n) is 4.36. The molecule has 4 rings (SSSR count). The summed E-state index contributed by atoms with van der Waals surface area (Å²) in [5.41, 5.74) is -2.39. The highest BCUT2D eigenvalue weighted by Crippen LogP contribution is 2.49. The van der Waals surface area contributed by atoms with E-state index in [0.29, 0.717) is 13.1 Å². The summed E-state index contributed by atoms with van der Waals surface area (Å²) in [6, 6.07) is 1.16. The van der Waals surface area contributed by atoms with Crippen LogP contribution in [0.1, 0.15) is 44.0 Å². The Labute approximate surface area is 178 Å². The normalized spacial score (nSPS) is 25.8. The Kier molecular flexibility index (Phi) is 5.01. The van der Waals surface area contributed by atoms with Gasteiger partial charge in [-0.1, -0.05) is 0 Å². The van der Waals surface area contributed by atoms with Gasteiger partial charge in [-0.15, -0.1) is 0 Å². The molecule has 1 amide bonds. The van der Waals surface area contributed by atoms with E-state index in [1.807, 2.05) is 20.8 Å². The smallest absolute Gasteiger partial charge is 0.410 e. The monoisotopic (exact) mass is 439 g/mol. The maximum absolute atomic E-state index is 13.5. The maximum atomic E-state index is 13.5. The Morgan fingerprint density at radius 1 is 1.23 bits per heavy atom. The summed E-state index contributed by atoms with van der Waals surface area (Å²) in [6.45, 7) is 6.44. The highest BCUT2D eigenvalue weighted by atomic mass is 19.3. The molecular weight excluding hydrogens is 412 g/mol. The number of nitrogens with one attached hydrogen (secondary N) is 1. The number of pyridine rings is 1. The summed E-state index contributed by atoms with van der Waals surface area (Å²) in [4.78, 5) is 38.8. The second-order valence-corrected chi connectivity index (χ2v) is 9.59. The van der Waals surface area contributed by atoms with E-state index in [-0.39, 0.29) is 48.1 Å². The van der Waals surface area contributed by atoms with E-state index in [2.05, 4.69) is 5.32 Å². The number of aromatic nitrogens is 1. The second kappa shape index (κ2) is 7.20. The Hall–Kier alpha value is -2.65. The zero-order valence-electron chi connectivity index (χ0n) is 18.0. The molecule has 0 radical (unpaired) electrons. The minimum absolute atomic E-state index is 0.0256. The summed E-state index contributed by atoms with van der Waals surface area (Å²) in [5, 5.41) is 3.20. The molecule has 0 bridgehead atoms. The van der Waals surface area contributed by atoms with E-state index in [1.54, 1.807) is 4.90 Å². The molecule has 2 saturated carbocycles. The fraction of sp³-hybridized carbons (Fsp3) is 0.667. The van der Waals surface area contributed by atoms with Crippen LogP contribution in [0.2, 0.25) is 0 Å². The highest BCUT2D eigenvalue weighted by Gasteiger charge is 2.58. The maximum Gasteiger partial charge on any atom is 0.410 e. The summed E-state index contributed by atoms with van der Waals surface area (Å²) >= 11 is 0. The van der Waals surface area contributed by atoms with Gasteiger partial charge in [0, 0.05) is 43.2 Å². The number of hydrogen-bond acceptors (Lipinski definition) is 6. The number of halogens is 2. The van der Waals surface area contributed by atoms with Gasteiger partial charge >= 0.3 is 12.1 Å². The molecule has 1 aromatic heterocycles. The van der Waals surface area contributed by atoms with Crippen LogP contribution in [-0.2, 0) is 15.0 Å². The van der Waals surface area contributed by atoms with E-state index in [0.717, 1.165) is 4.57 Å². The topological polar surface area (TPSA) is 89.9 Å². The van der Waals surface area contributed by atoms with Crippen molar-refractivity contribution in [2.24, 2.45) is 11.8 Å². The third-order valence-electron chi connectivity index (χ3n) is 6.28. The van der Waals surface area contributed by atoms with Crippen LogP contribution in [0.5, 0.6) is 0 Å². The molecule has 2 heterocycles. The number of carbonyl (C=O) groups excluding carboxylic acids is 2. The number of esters is 1. The van der Waals surface area contributed by atoms with Gasteiger partial charge in [-0.05, 0) is 33.6 Å². The van der Waals surface area contributed by atoms with Crippen LogP contribution in [0.15, 0.2) is 17.1 Å². The van der Waals surface area contributed by atoms with Crippen LogP contribution in [0.3, 0.4) is 0 Å². The quantitative estimate of drug-likeness (QED) is 0.710. The molecule has 1 saturated heterocycles. The standard InChI is InChI=1S/C21H27F2N3O5/c1-20(2,3)31-19(29)25-8-11-12(9-25)16(11)24-14-7-15(27)26(10-13(14)17(28)30-4)21(5-6-21)18(22)23/h7,10-12,16,18,24H,5-6,8-9H2,1-4H3/t11-,12+,16?. The van der Waals surface area contributed by atoms with E-state index < -0.39 is 29.1 Å². The van der Waals surface area contributed by atoms with Gasteiger partial charge in [0.1, 0.15) is 11.1 Å². The summed E-state index contributed by atoms with van der Waals surface area (Å²) < 4.78 is 38.2. The number of anilines is 1. The first kappa shape index (κ1) is 21.6. The first-order valence-corrected chi connectivity index (χ1v) is 10.3. The van der Waals surface area contributed by atoms with Crippen LogP contribution in [0.4, 0.5) is 19.3 Å². The van der Waals surface area contributed by atoms with Gasteiger partial charge in [0.25, 0.3) is 12.0 Å². The lowest BCUT2D eigenvalue weighted by atomic mass is 10.2. The van der Waals surface area contributed by atoms with Gasteiger partial charge in [0.2, 0.25) is 0 Å². The van der Waals surface area contributed by atoms with Crippen molar-refractivity contribution in [2.75, 3.05) is 25.5 Å². The number of alkyl halides is 2. The molecule has 31 heavy (non-hydrogen) atoms. The average molecular weight is 439 g/mol. The SMILES string of the molecule is COC(=O)c1cn(C2(C(F)F)CC2)c(=O)cc1NC1[C@H]2CN(C(=O)OC(C)(C)C)C[C@@H]12. The van der Waals surface area contributed by atoms with Crippen molar-refractivity contribution in [3.63, 3.8) is 0 Å². The molecule has 8 nitrogen and oxygen atoms in total. The van der Waals surface area contributed by atoms with Crippen molar-refractivity contribution in [1.29, 1.82) is 0 Å². The van der Waals surface area contributed by atoms with Crippen LogP contribution >= 0.6 is 0 Å². The zero-order chi connectivity index (χ0) is 22.7. The van der Waals surface area contributed by atoms with Crippen LogP contribution < -0.4 is 10.9 Å². The number of piperidine rings is 1. The van der Waals surface area contributed by atoms with Crippen LogP contribution in [0, 0.1) is 11.8 Å². The molecule has 3 atom stereocenters. The number of methoxy groups -OCH3 is 1. The lowest BCUT2D eigenvalue weighted by molar-refractivity contribution is 0.0272. The van der Waals surface area contributed by atoms with E-state index >= 15 is 0 Å². The molecule has 0 aromatic carbocycles. The number of rotatable bonds is 5. The number of carbonyl (C=O) groups is 2. The zero-order valence-corrected chi connectivity index (χ0v) is 18.0. The number of fused-ring (bicyclic) bond motifs is 1. The van der Waals surface area contributed by atoms with Gasteiger partial charge in [0.15, 0.2) is 0 Å². The van der Waals surface area contributed by atoms with Crippen LogP contribution in [0.25, 0.3) is 0 Å². The lowest BCUT2D eigenvalue weighted by Crippen LogP contribution is -2.38. The number of likely N-dealkylation sites (tertiary alicyclic amines) is 1. The second-order valence-electron chi connectivity index (χ2n) is 9.59. The molecule has 2 aliphatic carbocycles. The van der Waals surface area contributed by atoms with Crippen LogP contribution in [-0.4, -0.2) is 59.8 Å². The van der Waals surface area contributed by atoms with Gasteiger partial charge < -0.3 is 24.3 Å².